The molecule has 0 fully saturated rings. The van der Waals surface area contributed by atoms with Gasteiger partial charge in [-0.25, -0.2) is 4.79 Å². The first-order chi connectivity index (χ1) is 8.65. The maximum atomic E-state index is 10.5. The van der Waals surface area contributed by atoms with Crippen LogP contribution in [-0.2, 0) is 9.53 Å². The average molecular weight is 249 g/mol. The van der Waals surface area contributed by atoms with E-state index >= 15 is 0 Å². The van der Waals surface area contributed by atoms with Crippen molar-refractivity contribution in [1.82, 2.24) is 0 Å². The van der Waals surface area contributed by atoms with Crippen LogP contribution in [-0.4, -0.2) is 38.4 Å². The first-order valence-corrected chi connectivity index (χ1v) is 5.85. The number of ether oxygens (including phenoxy) is 1. The van der Waals surface area contributed by atoms with E-state index in [1.807, 2.05) is 31.3 Å². The summed E-state index contributed by atoms with van der Waals surface area (Å²) in [6.45, 7) is 1.59. The van der Waals surface area contributed by atoms with Crippen molar-refractivity contribution in [2.75, 3.05) is 32.2 Å². The molecule has 0 saturated heterocycles. The van der Waals surface area contributed by atoms with Crippen molar-refractivity contribution in [2.45, 2.75) is 6.42 Å². The van der Waals surface area contributed by atoms with Crippen molar-refractivity contribution in [3.05, 3.63) is 35.9 Å². The van der Waals surface area contributed by atoms with Crippen LogP contribution in [0, 0.1) is 0 Å². The molecule has 0 aliphatic carbocycles. The van der Waals surface area contributed by atoms with Gasteiger partial charge in [0.2, 0.25) is 0 Å². The molecular formula is C14H19NO3. The third-order valence-electron chi connectivity index (χ3n) is 2.60. The number of carboxylic acids is 1. The highest BCUT2D eigenvalue weighted by Gasteiger charge is 2.04. The lowest BCUT2D eigenvalue weighted by molar-refractivity contribution is -0.131. The van der Waals surface area contributed by atoms with Gasteiger partial charge >= 0.3 is 5.97 Å². The number of nitrogens with zero attached hydrogens (tertiary/aromatic N) is 1. The highest BCUT2D eigenvalue weighted by Crippen LogP contribution is 2.20. The molecule has 0 atom stereocenters. The Morgan fingerprint density at radius 1 is 1.44 bits per heavy atom. The highest BCUT2D eigenvalue weighted by molar-refractivity contribution is 5.86. The summed E-state index contributed by atoms with van der Waals surface area (Å²) >= 11 is 0. The van der Waals surface area contributed by atoms with Crippen molar-refractivity contribution in [1.29, 1.82) is 0 Å². The minimum atomic E-state index is -0.938. The SMILES string of the molecule is COCCCN(C)c1ccccc1C=CC(=O)O. The Labute approximate surface area is 107 Å². The van der Waals surface area contributed by atoms with Gasteiger partial charge in [0.1, 0.15) is 0 Å². The molecule has 0 radical (unpaired) electrons. The predicted octanol–water partition coefficient (Wildman–Crippen LogP) is 2.26. The van der Waals surface area contributed by atoms with Gasteiger partial charge in [0.25, 0.3) is 0 Å². The lowest BCUT2D eigenvalue weighted by Crippen LogP contribution is -2.20. The summed E-state index contributed by atoms with van der Waals surface area (Å²) in [5.41, 5.74) is 1.92. The molecule has 1 N–H and O–H groups in total. The van der Waals surface area contributed by atoms with Crippen LogP contribution in [0.25, 0.3) is 6.08 Å². The Balaban J connectivity index is 2.77. The summed E-state index contributed by atoms with van der Waals surface area (Å²) in [5, 5.41) is 8.66. The van der Waals surface area contributed by atoms with Crippen LogP contribution in [0.2, 0.25) is 0 Å². The van der Waals surface area contributed by atoms with E-state index in [9.17, 15) is 4.79 Å². The van der Waals surface area contributed by atoms with Gasteiger partial charge in [0, 0.05) is 39.1 Å². The molecule has 0 unspecified atom stereocenters. The third-order valence-corrected chi connectivity index (χ3v) is 2.60. The number of benzene rings is 1. The van der Waals surface area contributed by atoms with E-state index in [-0.39, 0.29) is 0 Å². The van der Waals surface area contributed by atoms with E-state index in [1.165, 1.54) is 0 Å². The van der Waals surface area contributed by atoms with E-state index in [2.05, 4.69) is 4.90 Å². The van der Waals surface area contributed by atoms with E-state index in [4.69, 9.17) is 9.84 Å². The molecule has 18 heavy (non-hydrogen) atoms. The largest absolute Gasteiger partial charge is 0.478 e. The molecule has 0 saturated carbocycles. The van der Waals surface area contributed by atoms with Gasteiger partial charge in [-0.3, -0.25) is 0 Å². The summed E-state index contributed by atoms with van der Waals surface area (Å²) in [5.74, 6) is -0.938. The highest BCUT2D eigenvalue weighted by atomic mass is 16.5. The Morgan fingerprint density at radius 2 is 2.17 bits per heavy atom. The maximum Gasteiger partial charge on any atom is 0.328 e. The molecule has 4 nitrogen and oxygen atoms in total. The van der Waals surface area contributed by atoms with E-state index in [0.29, 0.717) is 0 Å². The summed E-state index contributed by atoms with van der Waals surface area (Å²) in [4.78, 5) is 12.6. The molecule has 0 aromatic heterocycles. The number of methoxy groups -OCH3 is 1. The number of carboxylic acid groups (broad SMARTS) is 1. The minimum Gasteiger partial charge on any atom is -0.478 e. The van der Waals surface area contributed by atoms with Crippen molar-refractivity contribution < 1.29 is 14.6 Å². The molecular weight excluding hydrogens is 230 g/mol. The molecule has 0 heterocycles. The average Bonchev–Trinajstić information content (AvgIpc) is 2.37. The van der Waals surface area contributed by atoms with Crippen LogP contribution >= 0.6 is 0 Å². The Hall–Kier alpha value is -1.81. The molecule has 1 aromatic carbocycles. The van der Waals surface area contributed by atoms with Gasteiger partial charge in [0.15, 0.2) is 0 Å². The van der Waals surface area contributed by atoms with Crippen LogP contribution in [0.5, 0.6) is 0 Å². The second-order valence-electron chi connectivity index (χ2n) is 4.00. The summed E-state index contributed by atoms with van der Waals surface area (Å²) in [6, 6.07) is 7.73. The molecule has 1 aromatic rings. The number of anilines is 1. The molecule has 0 aliphatic rings. The fourth-order valence-electron chi connectivity index (χ4n) is 1.70. The third kappa shape index (κ3) is 4.59. The predicted molar refractivity (Wildman–Crippen MR) is 72.9 cm³/mol. The quantitative estimate of drug-likeness (QED) is 0.595. The van der Waals surface area contributed by atoms with Crippen molar-refractivity contribution in [3.63, 3.8) is 0 Å². The lowest BCUT2D eigenvalue weighted by atomic mass is 10.1. The van der Waals surface area contributed by atoms with Gasteiger partial charge in [-0.15, -0.1) is 0 Å². The van der Waals surface area contributed by atoms with Crippen molar-refractivity contribution in [2.24, 2.45) is 0 Å². The monoisotopic (exact) mass is 249 g/mol. The van der Waals surface area contributed by atoms with Gasteiger partial charge in [-0.1, -0.05) is 18.2 Å². The van der Waals surface area contributed by atoms with Crippen LogP contribution in [0.15, 0.2) is 30.3 Å². The number of hydrogen-bond donors (Lipinski definition) is 1. The Bertz CT molecular complexity index is 415. The van der Waals surface area contributed by atoms with Crippen LogP contribution in [0.3, 0.4) is 0 Å². The number of carbonyl (C=O) groups is 1. The van der Waals surface area contributed by atoms with E-state index < -0.39 is 5.97 Å². The molecule has 98 valence electrons. The molecule has 0 amide bonds. The maximum absolute atomic E-state index is 10.5. The fourth-order valence-corrected chi connectivity index (χ4v) is 1.70. The van der Waals surface area contributed by atoms with E-state index in [1.54, 1.807) is 13.2 Å². The minimum absolute atomic E-state index is 0.720. The van der Waals surface area contributed by atoms with Crippen molar-refractivity contribution in [3.8, 4) is 0 Å². The topological polar surface area (TPSA) is 49.8 Å². The number of para-hydroxylation sites is 1. The molecule has 0 aliphatic heterocycles. The number of rotatable bonds is 7. The summed E-state index contributed by atoms with van der Waals surface area (Å²) in [6.07, 6.45) is 3.70. The number of hydrogen-bond acceptors (Lipinski definition) is 3. The van der Waals surface area contributed by atoms with Gasteiger partial charge in [0.05, 0.1) is 0 Å². The summed E-state index contributed by atoms with van der Waals surface area (Å²) in [7, 11) is 3.67. The first kappa shape index (κ1) is 14.3. The second kappa shape index (κ2) is 7.50. The zero-order chi connectivity index (χ0) is 13.4. The Kier molecular flexibility index (Phi) is 5.94. The smallest absolute Gasteiger partial charge is 0.328 e. The summed E-state index contributed by atoms with van der Waals surface area (Å²) < 4.78 is 5.02. The number of aliphatic carboxylic acids is 1. The zero-order valence-corrected chi connectivity index (χ0v) is 10.8. The second-order valence-corrected chi connectivity index (χ2v) is 4.00. The van der Waals surface area contributed by atoms with Crippen molar-refractivity contribution >= 4 is 17.7 Å². The molecule has 4 heteroatoms. The molecule has 0 spiro atoms. The zero-order valence-electron chi connectivity index (χ0n) is 10.8. The van der Waals surface area contributed by atoms with Gasteiger partial charge in [-0.2, -0.15) is 0 Å². The van der Waals surface area contributed by atoms with E-state index in [0.717, 1.165) is 36.9 Å². The molecule has 0 bridgehead atoms. The normalized spacial score (nSPS) is 10.8. The standard InChI is InChI=1S/C14H19NO3/c1-15(10-5-11-18-2)13-7-4-3-6-12(13)8-9-14(16)17/h3-4,6-9H,5,10-11H2,1-2H3,(H,16,17). The van der Waals surface area contributed by atoms with Gasteiger partial charge in [-0.05, 0) is 24.1 Å². The van der Waals surface area contributed by atoms with Gasteiger partial charge < -0.3 is 14.7 Å². The fraction of sp³-hybridized carbons (Fsp3) is 0.357. The lowest BCUT2D eigenvalue weighted by Gasteiger charge is -2.21. The van der Waals surface area contributed by atoms with Crippen LogP contribution < -0.4 is 4.90 Å². The van der Waals surface area contributed by atoms with Crippen LogP contribution in [0.4, 0.5) is 5.69 Å². The molecule has 1 rings (SSSR count). The van der Waals surface area contributed by atoms with Crippen LogP contribution in [0.1, 0.15) is 12.0 Å². The Morgan fingerprint density at radius 3 is 2.83 bits per heavy atom. The first-order valence-electron chi connectivity index (χ1n) is 5.85.